The molecule has 4 aliphatic rings. The van der Waals surface area contributed by atoms with Crippen molar-refractivity contribution < 1.29 is 38.2 Å². The minimum Gasteiger partial charge on any atom is -0.465 e. The molecule has 8 rings (SSSR count). The molecule has 0 radical (unpaired) electrons. The summed E-state index contributed by atoms with van der Waals surface area (Å²) in [4.78, 5) is 84.5. The van der Waals surface area contributed by atoms with E-state index in [1.54, 1.807) is 30.3 Å². The number of hydrogen-bond donors (Lipinski definition) is 2. The molecule has 7 heterocycles. The first-order valence-corrected chi connectivity index (χ1v) is 29.6. The van der Waals surface area contributed by atoms with Crippen LogP contribution in [0.15, 0.2) is 54.6 Å². The monoisotopic (exact) mass is 1140 g/mol. The van der Waals surface area contributed by atoms with Crippen LogP contribution in [0.1, 0.15) is 83.2 Å². The van der Waals surface area contributed by atoms with Crippen molar-refractivity contribution in [2.75, 3.05) is 57.6 Å². The number of aryl methyl sites for hydroxylation is 1. The lowest BCUT2D eigenvalue weighted by Gasteiger charge is -2.46. The van der Waals surface area contributed by atoms with E-state index in [0.717, 1.165) is 44.7 Å². The summed E-state index contributed by atoms with van der Waals surface area (Å²) in [5.74, 6) is -2.16. The third-order valence-electron chi connectivity index (χ3n) is 14.8. The van der Waals surface area contributed by atoms with Gasteiger partial charge in [-0.25, -0.2) is 15.2 Å². The molecule has 4 aromatic rings. The van der Waals surface area contributed by atoms with Crippen molar-refractivity contribution >= 4 is 83.5 Å². The highest BCUT2D eigenvalue weighted by Crippen LogP contribution is 2.42. The maximum Gasteiger partial charge on any atom is 0.320 e. The number of pyridine rings is 1. The van der Waals surface area contributed by atoms with Crippen LogP contribution in [0.2, 0.25) is 0 Å². The molecule has 0 aliphatic carbocycles. The number of cyclic esters (lactones) is 1. The normalized spacial score (nSPS) is 23.6. The van der Waals surface area contributed by atoms with E-state index in [2.05, 4.69) is 89.5 Å². The second-order valence-corrected chi connectivity index (χ2v) is 25.3. The van der Waals surface area contributed by atoms with Crippen molar-refractivity contribution in [2.24, 2.45) is 17.3 Å². The van der Waals surface area contributed by atoms with E-state index in [1.165, 1.54) is 22.3 Å². The molecule has 0 spiro atoms. The number of nitrogens with zero attached hydrogens (tertiary/aromatic N) is 7. The zero-order chi connectivity index (χ0) is 51.6. The fraction of sp³-hybridized carbons (Fsp3) is 0.558. The van der Waals surface area contributed by atoms with Crippen LogP contribution in [0, 0.1) is 17.3 Å². The summed E-state index contributed by atoms with van der Waals surface area (Å²) < 4.78 is 22.9. The van der Waals surface area contributed by atoms with E-state index in [1.807, 2.05) is 36.8 Å². The lowest BCUT2D eigenvalue weighted by atomic mass is 9.84. The van der Waals surface area contributed by atoms with Crippen LogP contribution < -0.4 is 10.7 Å². The van der Waals surface area contributed by atoms with E-state index < -0.39 is 44.3 Å². The molecule has 4 aliphatic heterocycles. The topological polar surface area (TPSA) is 181 Å². The number of carbonyl (C=O) groups is 5. The van der Waals surface area contributed by atoms with Gasteiger partial charge in [0.25, 0.3) is 5.91 Å². The van der Waals surface area contributed by atoms with Crippen molar-refractivity contribution in [2.45, 2.75) is 110 Å². The molecule has 6 bridgehead atoms. The van der Waals surface area contributed by atoms with Crippen LogP contribution in [0.25, 0.3) is 33.4 Å². The van der Waals surface area contributed by atoms with Gasteiger partial charge >= 0.3 is 12.0 Å². The van der Waals surface area contributed by atoms with Gasteiger partial charge in [-0.1, -0.05) is 62.9 Å². The van der Waals surface area contributed by atoms with Gasteiger partial charge in [-0.3, -0.25) is 29.2 Å². The highest BCUT2D eigenvalue weighted by atomic mass is 127. The average molecular weight is 1140 g/mol. The smallest absolute Gasteiger partial charge is 0.320 e. The number of thiazole rings is 1. The number of amides is 5. The van der Waals surface area contributed by atoms with Crippen LogP contribution in [0.3, 0.4) is 0 Å². The number of carbonyl (C=O) groups excluding carboxylic acids is 5. The lowest BCUT2D eigenvalue weighted by molar-refractivity contribution is -0.153. The Morgan fingerprint density at radius 1 is 1.15 bits per heavy atom. The molecular formula is C52H70IN9O8SSi. The number of rotatable bonds is 10. The molecule has 17 nitrogen and oxygen atoms in total. The molecule has 1 aromatic carbocycles. The Kier molecular flexibility index (Phi) is 17.0. The van der Waals surface area contributed by atoms with E-state index in [9.17, 15) is 19.2 Å². The molecule has 3 fully saturated rings. The third kappa shape index (κ3) is 11.0. The highest BCUT2D eigenvalue weighted by molar-refractivity contribution is 14.1. The Morgan fingerprint density at radius 3 is 2.67 bits per heavy atom. The van der Waals surface area contributed by atoms with Gasteiger partial charge < -0.3 is 38.5 Å². The third-order valence-corrected chi connectivity index (χ3v) is 20.1. The molecule has 388 valence electrons. The van der Waals surface area contributed by atoms with E-state index in [4.69, 9.17) is 24.2 Å². The standard InChI is InChI=1S/C52H70IN9O8SSi/c1-10-43(63)62-22-23-69-44-18-21-59(30-72(44)62)51(67)58(8)46(31(3)4)48(64)56-38-25-42-55-40(28-71-42)33-16-17-41-36(24-33)37(47(60(41)11-2)35-14-12-19-54-45(35)32(5)68-9)26-52(6,7)29-70-50(66)34-15-13-20-61(49(38)65)57-39(34)27-53/h10,12,14,16-17,19,24,28,31-32,34,38-39,44,46,57,72H,1,11,13,15,18,20-23,25-27,29-30H2,2-9H3,(H,56,64)/t32-,34+,38-,39?,44-,46-,72-/m0/s1. The van der Waals surface area contributed by atoms with Gasteiger partial charge in [0.1, 0.15) is 12.1 Å². The van der Waals surface area contributed by atoms with Gasteiger partial charge in [0.05, 0.1) is 53.1 Å². The van der Waals surface area contributed by atoms with Gasteiger partial charge in [-0.05, 0) is 81.4 Å². The molecule has 0 saturated carbocycles. The Balaban J connectivity index is 1.16. The van der Waals surface area contributed by atoms with Crippen molar-refractivity contribution in [3.63, 3.8) is 0 Å². The van der Waals surface area contributed by atoms with E-state index in [0.29, 0.717) is 74.1 Å². The Labute approximate surface area is 442 Å². The fourth-order valence-electron chi connectivity index (χ4n) is 11.0. The summed E-state index contributed by atoms with van der Waals surface area (Å²) in [5, 5.41) is 8.36. The molecule has 3 saturated heterocycles. The maximum atomic E-state index is 15.0. The number of likely N-dealkylation sites (N-methyl/N-ethyl adjacent to an activating group) is 1. The summed E-state index contributed by atoms with van der Waals surface area (Å²) in [6.07, 6.45) is 5.54. The summed E-state index contributed by atoms with van der Waals surface area (Å²) in [6.45, 7) is 18.4. The second kappa shape index (κ2) is 22.8. The van der Waals surface area contributed by atoms with Gasteiger partial charge in [0.15, 0.2) is 8.96 Å². The van der Waals surface area contributed by atoms with Crippen LogP contribution in [-0.4, -0.2) is 154 Å². The number of nitrogens with one attached hydrogen (secondary N) is 2. The number of methoxy groups -OCH3 is 1. The molecule has 2 N–H and O–H groups in total. The number of ether oxygens (including phenoxy) is 3. The number of fused-ring (bicyclic) bond motifs is 8. The molecule has 7 atom stereocenters. The minimum absolute atomic E-state index is 0.0689. The number of hydrazine groups is 1. The number of urea groups is 1. The molecule has 5 amide bonds. The average Bonchev–Trinajstić information content (AvgIpc) is 3.89. The predicted molar refractivity (Wildman–Crippen MR) is 288 cm³/mol. The SMILES string of the molecule is C=CC(=O)N1CCO[C@@H]2CCN(C(=O)N(C)[C@H](C(=O)N[C@H]3Cc4nc(cs4)-c4ccc5c(c4)c(c(-c4cccnc4[C@H](C)OC)n5CC)CC(C)(C)COC(=O)[C@@H]4CCCN(NC4CI)C3=O)C(C)C)C[Si@@H]21. The maximum absolute atomic E-state index is 15.0. The van der Waals surface area contributed by atoms with Gasteiger partial charge in [-0.15, -0.1) is 11.3 Å². The van der Waals surface area contributed by atoms with Crippen molar-refractivity contribution in [3.05, 3.63) is 70.8 Å². The Hall–Kier alpha value is -4.74. The predicted octanol–water partition coefficient (Wildman–Crippen LogP) is 6.25. The molecule has 20 heteroatoms. The number of aromatic nitrogens is 3. The number of alkyl halides is 1. The summed E-state index contributed by atoms with van der Waals surface area (Å²) in [6, 6.07) is 7.69. The van der Waals surface area contributed by atoms with Gasteiger partial charge in [0.2, 0.25) is 11.8 Å². The Morgan fingerprint density at radius 2 is 1.94 bits per heavy atom. The Bertz CT molecular complexity index is 2680. The van der Waals surface area contributed by atoms with Crippen LogP contribution in [0.5, 0.6) is 0 Å². The first kappa shape index (κ1) is 53.5. The van der Waals surface area contributed by atoms with Crippen LogP contribution in [0.4, 0.5) is 4.79 Å². The van der Waals surface area contributed by atoms with Crippen LogP contribution >= 0.6 is 33.9 Å². The summed E-state index contributed by atoms with van der Waals surface area (Å²) in [7, 11) is 1.24. The number of hydrogen-bond acceptors (Lipinski definition) is 12. The first-order valence-electron chi connectivity index (χ1n) is 25.2. The number of halogens is 1. The van der Waals surface area contributed by atoms with Crippen molar-refractivity contribution in [1.82, 2.24) is 44.7 Å². The van der Waals surface area contributed by atoms with Crippen molar-refractivity contribution in [3.8, 4) is 22.5 Å². The van der Waals surface area contributed by atoms with Crippen LogP contribution in [-0.2, 0) is 52.8 Å². The number of esters is 1. The summed E-state index contributed by atoms with van der Waals surface area (Å²) >= 11 is 3.68. The molecule has 3 aromatic heterocycles. The largest absolute Gasteiger partial charge is 0.465 e. The zero-order valence-corrected chi connectivity index (χ0v) is 46.9. The quantitative estimate of drug-likeness (QED) is 0.0603. The highest BCUT2D eigenvalue weighted by Gasteiger charge is 2.44. The summed E-state index contributed by atoms with van der Waals surface area (Å²) in [5.41, 5.74) is 9.48. The second-order valence-electron chi connectivity index (χ2n) is 20.6. The zero-order valence-electron chi connectivity index (χ0n) is 42.8. The minimum atomic E-state index is -2.07. The molecule has 1 unspecified atom stereocenters. The number of benzene rings is 1. The van der Waals surface area contributed by atoms with Crippen molar-refractivity contribution in [1.29, 1.82) is 0 Å². The van der Waals surface area contributed by atoms with Gasteiger partial charge in [-0.2, -0.15) is 0 Å². The first-order chi connectivity index (χ1) is 34.5. The van der Waals surface area contributed by atoms with Gasteiger partial charge in [0, 0.05) is 102 Å². The lowest BCUT2D eigenvalue weighted by Crippen LogP contribution is -2.67. The van der Waals surface area contributed by atoms with E-state index in [-0.39, 0.29) is 54.6 Å². The molecular weight excluding hydrogens is 1070 g/mol. The van der Waals surface area contributed by atoms with E-state index >= 15 is 4.79 Å². The molecule has 72 heavy (non-hydrogen) atoms. The fourth-order valence-corrected chi connectivity index (χ4v) is 16.1.